The van der Waals surface area contributed by atoms with Crippen LogP contribution in [0.5, 0.6) is 0 Å². The third-order valence-corrected chi connectivity index (χ3v) is 6.81. The number of sulfonamides is 1. The molecule has 0 saturated heterocycles. The lowest BCUT2D eigenvalue weighted by atomic mass is 9.78. The fourth-order valence-electron chi connectivity index (χ4n) is 2.51. The van der Waals surface area contributed by atoms with Crippen LogP contribution in [0, 0.1) is 5.92 Å². The molecule has 2 rings (SSSR count). The largest absolute Gasteiger partial charge is 0.476 e. The van der Waals surface area contributed by atoms with Crippen LogP contribution in [0.25, 0.3) is 0 Å². The monoisotopic (exact) mass is 334 g/mol. The fourth-order valence-corrected chi connectivity index (χ4v) is 5.10. The minimum atomic E-state index is -4.02. The molecular weight excluding hydrogens is 316 g/mol. The fraction of sp³-hybridized carbons (Fsp3) is 0.667. The molecule has 0 unspecified atom stereocenters. The summed E-state index contributed by atoms with van der Waals surface area (Å²) in [5.41, 5.74) is -0.206. The number of carboxylic acid groups (broad SMARTS) is 1. The zero-order chi connectivity index (χ0) is 15.7. The number of hydrogen-bond acceptors (Lipinski definition) is 6. The Hall–Kier alpha value is -1.03. The molecule has 0 aliphatic heterocycles. The van der Waals surface area contributed by atoms with Gasteiger partial charge < -0.3 is 10.2 Å². The zero-order valence-electron chi connectivity index (χ0n) is 11.6. The summed E-state index contributed by atoms with van der Waals surface area (Å²) in [5, 5.41) is 18.6. The standard InChI is InChI=1S/C12H18N2O5S2/c1-8-2-4-12(6-15,5-3-8)14-21(18,19)11-9(10(16)17)13-7-20-11/h7-8,14-15H,2-6H2,1H3,(H,16,17). The number of nitrogens with one attached hydrogen (secondary N) is 1. The highest BCUT2D eigenvalue weighted by atomic mass is 32.2. The smallest absolute Gasteiger partial charge is 0.356 e. The molecule has 0 aromatic carbocycles. The molecule has 9 heteroatoms. The van der Waals surface area contributed by atoms with Crippen molar-refractivity contribution in [2.45, 2.75) is 42.4 Å². The first-order chi connectivity index (χ1) is 9.80. The van der Waals surface area contributed by atoms with E-state index >= 15 is 0 Å². The van der Waals surface area contributed by atoms with Crippen molar-refractivity contribution in [1.29, 1.82) is 0 Å². The van der Waals surface area contributed by atoms with Crippen LogP contribution in [-0.2, 0) is 10.0 Å². The highest BCUT2D eigenvalue weighted by Gasteiger charge is 2.39. The molecule has 0 spiro atoms. The second-order valence-corrected chi connectivity index (χ2v) is 8.25. The third kappa shape index (κ3) is 3.42. The number of aliphatic hydroxyl groups is 1. The van der Waals surface area contributed by atoms with Crippen LogP contribution >= 0.6 is 11.3 Å². The van der Waals surface area contributed by atoms with Gasteiger partial charge in [0.15, 0.2) is 9.90 Å². The van der Waals surface area contributed by atoms with Crippen LogP contribution in [0.3, 0.4) is 0 Å². The molecule has 3 N–H and O–H groups in total. The normalized spacial score (nSPS) is 26.7. The van der Waals surface area contributed by atoms with Crippen molar-refractivity contribution in [2.24, 2.45) is 5.92 Å². The number of rotatable bonds is 5. The Labute approximate surface area is 127 Å². The van der Waals surface area contributed by atoms with E-state index < -0.39 is 27.2 Å². The Balaban J connectivity index is 2.28. The van der Waals surface area contributed by atoms with Crippen molar-refractivity contribution >= 4 is 27.3 Å². The first kappa shape index (κ1) is 16.3. The number of carbonyl (C=O) groups is 1. The van der Waals surface area contributed by atoms with Crippen LogP contribution in [0.1, 0.15) is 43.1 Å². The van der Waals surface area contributed by atoms with Gasteiger partial charge in [-0.15, -0.1) is 11.3 Å². The molecule has 0 atom stereocenters. The topological polar surface area (TPSA) is 117 Å². The predicted octanol–water partition coefficient (Wildman–Crippen LogP) is 1.06. The SMILES string of the molecule is CC1CCC(CO)(NS(=O)(=O)c2scnc2C(=O)O)CC1. The van der Waals surface area contributed by atoms with Crippen LogP contribution < -0.4 is 4.72 Å². The highest BCUT2D eigenvalue weighted by Crippen LogP contribution is 2.33. The number of nitrogens with zero attached hydrogens (tertiary/aromatic N) is 1. The molecule has 1 saturated carbocycles. The predicted molar refractivity (Wildman–Crippen MR) is 76.8 cm³/mol. The maximum atomic E-state index is 12.4. The maximum absolute atomic E-state index is 12.4. The Morgan fingerprint density at radius 3 is 2.67 bits per heavy atom. The average molecular weight is 334 g/mol. The van der Waals surface area contributed by atoms with Gasteiger partial charge in [0, 0.05) is 0 Å². The molecule has 0 radical (unpaired) electrons. The number of aromatic carboxylic acids is 1. The molecule has 1 heterocycles. The minimum Gasteiger partial charge on any atom is -0.476 e. The molecule has 1 aliphatic carbocycles. The van der Waals surface area contributed by atoms with Crippen molar-refractivity contribution in [3.8, 4) is 0 Å². The van der Waals surface area contributed by atoms with E-state index in [1.165, 1.54) is 5.51 Å². The van der Waals surface area contributed by atoms with Gasteiger partial charge in [-0.25, -0.2) is 22.9 Å². The van der Waals surface area contributed by atoms with Crippen molar-refractivity contribution in [1.82, 2.24) is 9.71 Å². The second kappa shape index (κ2) is 5.99. The summed E-state index contributed by atoms with van der Waals surface area (Å²) >= 11 is 0.759. The van der Waals surface area contributed by atoms with E-state index in [4.69, 9.17) is 5.11 Å². The average Bonchev–Trinajstić information content (AvgIpc) is 2.92. The van der Waals surface area contributed by atoms with Crippen molar-refractivity contribution in [2.75, 3.05) is 6.61 Å². The molecule has 1 aromatic heterocycles. The molecule has 118 valence electrons. The molecule has 1 aromatic rings. The van der Waals surface area contributed by atoms with E-state index in [-0.39, 0.29) is 10.8 Å². The Bertz CT molecular complexity index is 617. The second-order valence-electron chi connectivity index (χ2n) is 5.52. The number of aromatic nitrogens is 1. The number of aliphatic hydroxyl groups excluding tert-OH is 1. The molecule has 0 amide bonds. The van der Waals surface area contributed by atoms with Gasteiger partial charge >= 0.3 is 5.97 Å². The van der Waals surface area contributed by atoms with Gasteiger partial charge in [0.1, 0.15) is 0 Å². The molecule has 7 nitrogen and oxygen atoms in total. The summed E-state index contributed by atoms with van der Waals surface area (Å²) in [4.78, 5) is 14.6. The lowest BCUT2D eigenvalue weighted by molar-refractivity contribution is 0.0687. The number of carboxylic acids is 1. The van der Waals surface area contributed by atoms with Crippen LogP contribution in [0.2, 0.25) is 0 Å². The maximum Gasteiger partial charge on any atom is 0.356 e. The van der Waals surface area contributed by atoms with Gasteiger partial charge in [-0.05, 0) is 31.6 Å². The van der Waals surface area contributed by atoms with E-state index in [2.05, 4.69) is 16.6 Å². The summed E-state index contributed by atoms with van der Waals surface area (Å²) in [6, 6.07) is 0. The lowest BCUT2D eigenvalue weighted by Crippen LogP contribution is -2.53. The summed E-state index contributed by atoms with van der Waals surface area (Å²) in [5.74, 6) is -0.890. The first-order valence-corrected chi connectivity index (χ1v) is 8.97. The Morgan fingerprint density at radius 1 is 1.52 bits per heavy atom. The van der Waals surface area contributed by atoms with Gasteiger partial charge in [-0.1, -0.05) is 6.92 Å². The lowest BCUT2D eigenvalue weighted by Gasteiger charge is -2.38. The summed E-state index contributed by atoms with van der Waals surface area (Å²) in [7, 11) is -4.02. The third-order valence-electron chi connectivity index (χ3n) is 3.87. The minimum absolute atomic E-state index is 0.305. The van der Waals surface area contributed by atoms with E-state index in [1.807, 2.05) is 0 Å². The van der Waals surface area contributed by atoms with Crippen LogP contribution in [0.4, 0.5) is 0 Å². The highest BCUT2D eigenvalue weighted by molar-refractivity contribution is 7.91. The molecule has 21 heavy (non-hydrogen) atoms. The van der Waals surface area contributed by atoms with Crippen molar-refractivity contribution in [3.63, 3.8) is 0 Å². The number of thiazole rings is 1. The van der Waals surface area contributed by atoms with Gasteiger partial charge in [0.2, 0.25) is 0 Å². The number of hydrogen-bond donors (Lipinski definition) is 3. The van der Waals surface area contributed by atoms with Gasteiger partial charge in [-0.2, -0.15) is 0 Å². The van der Waals surface area contributed by atoms with Gasteiger partial charge in [0.05, 0.1) is 17.7 Å². The summed E-state index contributed by atoms with van der Waals surface area (Å²) < 4.78 is 27.0. The summed E-state index contributed by atoms with van der Waals surface area (Å²) in [6.45, 7) is 1.78. The van der Waals surface area contributed by atoms with E-state index in [0.29, 0.717) is 18.8 Å². The van der Waals surface area contributed by atoms with E-state index in [9.17, 15) is 18.3 Å². The molecule has 1 fully saturated rings. The van der Waals surface area contributed by atoms with Crippen LogP contribution in [0.15, 0.2) is 9.72 Å². The van der Waals surface area contributed by atoms with Gasteiger partial charge in [0.25, 0.3) is 10.0 Å². The zero-order valence-corrected chi connectivity index (χ0v) is 13.2. The van der Waals surface area contributed by atoms with Crippen molar-refractivity contribution in [3.05, 3.63) is 11.2 Å². The van der Waals surface area contributed by atoms with Gasteiger partial charge in [-0.3, -0.25) is 0 Å². The van der Waals surface area contributed by atoms with E-state index in [1.54, 1.807) is 0 Å². The van der Waals surface area contributed by atoms with Crippen molar-refractivity contribution < 1.29 is 23.4 Å². The molecular formula is C12H18N2O5S2. The quantitative estimate of drug-likeness (QED) is 0.741. The Morgan fingerprint density at radius 2 is 2.14 bits per heavy atom. The van der Waals surface area contributed by atoms with Crippen LogP contribution in [-0.4, -0.2) is 41.7 Å². The van der Waals surface area contributed by atoms with E-state index in [0.717, 1.165) is 24.2 Å². The first-order valence-electron chi connectivity index (χ1n) is 6.61. The Kier molecular flexibility index (Phi) is 4.66. The molecule has 0 bridgehead atoms. The summed E-state index contributed by atoms with van der Waals surface area (Å²) in [6.07, 6.45) is 2.70. The molecule has 1 aliphatic rings.